The largest absolute Gasteiger partial charge is 0.469 e. The fourth-order valence-electron chi connectivity index (χ4n) is 12.8. The highest BCUT2D eigenvalue weighted by Gasteiger charge is 2.40. The van der Waals surface area contributed by atoms with Crippen LogP contribution in [-0.2, 0) is 31.8 Å². The van der Waals surface area contributed by atoms with Crippen LogP contribution in [0, 0.1) is 48.5 Å². The number of alkyl halides is 3. The number of ether oxygens (including phenoxy) is 2. The van der Waals surface area contributed by atoms with E-state index in [1.807, 2.05) is 60.6 Å². The maximum absolute atomic E-state index is 13.9. The third-order valence-electron chi connectivity index (χ3n) is 18.2. The SMILES string of the molecule is COC(=O)[C@@H]1CCN(C(=O)c2cn3nc(-c4ccc(F)cc4)cc(C)c3n2)C[C@@H]1C.C[C@H]1CN(C(=O)c2cn3nc(-c4ccc(F)cc4)cc(C(F)(F)F)c3n2)CCN1C(=O)OCc1ccccn1.Cc1cc(-c2ccc(F)cc2)nn2cc(C(=O)N3CCN(C(=O)[C@H](O)CC(C)(C)C)[C@@H](C)C3)nc12. The molecule has 0 saturated carbocycles. The molecule has 10 heterocycles. The number of carbonyl (C=O) groups is 6. The number of aliphatic hydroxyl groups is 1. The van der Waals surface area contributed by atoms with Crippen molar-refractivity contribution < 1.29 is 69.7 Å². The number of piperidine rings is 1. The molecule has 0 spiro atoms. The van der Waals surface area contributed by atoms with E-state index in [0.29, 0.717) is 79.6 Å². The molecule has 13 rings (SSSR count). The van der Waals surface area contributed by atoms with Crippen molar-refractivity contribution in [3.05, 3.63) is 191 Å². The van der Waals surface area contributed by atoms with Crippen LogP contribution in [0.25, 0.3) is 50.7 Å². The summed E-state index contributed by atoms with van der Waals surface area (Å²) in [6, 6.07) is 26.2. The molecule has 3 aliphatic heterocycles. The Bertz CT molecular complexity index is 4820. The van der Waals surface area contributed by atoms with Crippen LogP contribution >= 0.6 is 0 Å². The van der Waals surface area contributed by atoms with E-state index in [1.165, 1.54) is 53.3 Å². The molecular formula is C74H77F6N15O9. The van der Waals surface area contributed by atoms with Gasteiger partial charge in [0.15, 0.2) is 16.9 Å². The molecule has 0 bridgehead atoms. The lowest BCUT2D eigenvalue weighted by atomic mass is 9.87. The van der Waals surface area contributed by atoms with Gasteiger partial charge in [0, 0.05) is 87.3 Å². The van der Waals surface area contributed by atoms with Gasteiger partial charge in [-0.05, 0) is 166 Å². The van der Waals surface area contributed by atoms with Gasteiger partial charge in [-0.25, -0.2) is 46.5 Å². The van der Waals surface area contributed by atoms with Crippen LogP contribution in [0.3, 0.4) is 0 Å². The Balaban J connectivity index is 0.000000158. The number of esters is 1. The van der Waals surface area contributed by atoms with Crippen LogP contribution < -0.4 is 0 Å². The zero-order valence-electron chi connectivity index (χ0n) is 58.6. The first-order valence-electron chi connectivity index (χ1n) is 33.7. The summed E-state index contributed by atoms with van der Waals surface area (Å²) < 4.78 is 95.8. The average molecular weight is 1430 g/mol. The van der Waals surface area contributed by atoms with Gasteiger partial charge in [-0.15, -0.1) is 0 Å². The lowest BCUT2D eigenvalue weighted by Crippen LogP contribution is -2.57. The van der Waals surface area contributed by atoms with Gasteiger partial charge in [0.2, 0.25) is 0 Å². The van der Waals surface area contributed by atoms with Crippen molar-refractivity contribution in [1.82, 2.24) is 73.3 Å². The summed E-state index contributed by atoms with van der Waals surface area (Å²) in [6.07, 6.45) is 0.513. The van der Waals surface area contributed by atoms with Crippen molar-refractivity contribution in [3.8, 4) is 33.8 Å². The fraction of sp³-hybridized carbons (Fsp3) is 0.365. The topological polar surface area (TPSA) is 261 Å². The standard InChI is InChI=1S/C26H22F4N6O3.C26H32FN5O3.C22H23FN4O3/c1-16-13-34(10-11-35(16)25(38)39-15-19-4-2-3-9-31-19)24(37)22-14-36-23(32-22)20(26(28,29)30)12-21(33-36)17-5-7-18(27)8-6-17;1-16-12-20(18-6-8-19(27)9-7-18)29-32-15-21(28-23(16)32)24(34)30-10-11-31(17(2)14-30)25(35)22(33)13-26(3,4)5;1-13-10-18(15-4-6-16(23)7-5-15)25-27-12-19(24-20(13)27)21(28)26-9-8-17(14(2)11-26)22(29)30-3/h2-9,12,14,16H,10-11,13,15H2,1H3;6-9,12,15,17,22,33H,10-11,13-14H2,1-5H3;4-7,10,12,14,17H,8-9,11H2,1-3H3/t16-;17-,22+;14-,17+/m000/s1. The van der Waals surface area contributed by atoms with Crippen molar-refractivity contribution in [2.45, 2.75) is 99.2 Å². The second-order valence-electron chi connectivity index (χ2n) is 27.3. The second kappa shape index (κ2) is 30.8. The van der Waals surface area contributed by atoms with E-state index in [0.717, 1.165) is 51.2 Å². The number of hydrogen-bond donors (Lipinski definition) is 1. The van der Waals surface area contributed by atoms with Crippen LogP contribution in [0.5, 0.6) is 0 Å². The van der Waals surface area contributed by atoms with Gasteiger partial charge in [0.1, 0.15) is 52.8 Å². The highest BCUT2D eigenvalue weighted by Crippen LogP contribution is 2.36. The molecule has 3 fully saturated rings. The molecular weight excluding hydrogens is 1360 g/mol. The molecule has 7 aromatic heterocycles. The predicted molar refractivity (Wildman–Crippen MR) is 368 cm³/mol. The van der Waals surface area contributed by atoms with E-state index in [9.17, 15) is 60.2 Å². The summed E-state index contributed by atoms with van der Waals surface area (Å²) >= 11 is 0. The predicted octanol–water partition coefficient (Wildman–Crippen LogP) is 10.9. The van der Waals surface area contributed by atoms with Gasteiger partial charge in [0.25, 0.3) is 23.6 Å². The van der Waals surface area contributed by atoms with Gasteiger partial charge in [-0.2, -0.15) is 28.5 Å². The molecule has 5 atom stereocenters. The molecule has 0 aliphatic carbocycles. The number of amides is 5. The first-order chi connectivity index (χ1) is 49.4. The summed E-state index contributed by atoms with van der Waals surface area (Å²) in [5.41, 5.74) is 5.15. The number of benzene rings is 3. The second-order valence-corrected chi connectivity index (χ2v) is 27.3. The number of methoxy groups -OCH3 is 1. The molecule has 30 heteroatoms. The lowest BCUT2D eigenvalue weighted by Gasteiger charge is -2.40. The van der Waals surface area contributed by atoms with E-state index >= 15 is 0 Å². The van der Waals surface area contributed by atoms with Crippen molar-refractivity contribution >= 4 is 52.6 Å². The summed E-state index contributed by atoms with van der Waals surface area (Å²) in [6.45, 7) is 17.8. The van der Waals surface area contributed by atoms with Crippen molar-refractivity contribution in [1.29, 1.82) is 0 Å². The Morgan fingerprint density at radius 2 is 1.00 bits per heavy atom. The Morgan fingerprint density at radius 3 is 1.41 bits per heavy atom. The molecule has 3 aromatic carbocycles. The quantitative estimate of drug-likeness (QED) is 0.0932. The van der Waals surface area contributed by atoms with Crippen LogP contribution in [0.1, 0.15) is 108 Å². The summed E-state index contributed by atoms with van der Waals surface area (Å²) in [5, 5.41) is 23.7. The maximum atomic E-state index is 13.9. The number of likely N-dealkylation sites (tertiary alicyclic amines) is 1. The van der Waals surface area contributed by atoms with Crippen molar-refractivity contribution in [3.63, 3.8) is 0 Å². The van der Waals surface area contributed by atoms with Gasteiger partial charge in [-0.3, -0.25) is 29.0 Å². The number of piperazine rings is 2. The first kappa shape index (κ1) is 74.0. The number of imidazole rings is 3. The van der Waals surface area contributed by atoms with Crippen molar-refractivity contribution in [2.75, 3.05) is 59.5 Å². The molecule has 0 unspecified atom stereocenters. The number of pyridine rings is 1. The number of aliphatic hydroxyl groups excluding tert-OH is 1. The molecule has 3 aliphatic rings. The Hall–Kier alpha value is -11.2. The molecule has 24 nitrogen and oxygen atoms in total. The molecule has 104 heavy (non-hydrogen) atoms. The third-order valence-corrected chi connectivity index (χ3v) is 18.2. The number of halogens is 6. The van der Waals surface area contributed by atoms with Gasteiger partial charge >= 0.3 is 18.2 Å². The van der Waals surface area contributed by atoms with Gasteiger partial charge in [-0.1, -0.05) is 33.8 Å². The Morgan fingerprint density at radius 1 is 0.567 bits per heavy atom. The van der Waals surface area contributed by atoms with E-state index in [-0.39, 0.29) is 108 Å². The minimum absolute atomic E-state index is 0.00122. The Kier molecular flexibility index (Phi) is 21.9. The van der Waals surface area contributed by atoms with Gasteiger partial charge < -0.3 is 39.1 Å². The number of hydrogen-bond acceptors (Lipinski definition) is 16. The summed E-state index contributed by atoms with van der Waals surface area (Å²) in [4.78, 5) is 102. The zero-order valence-corrected chi connectivity index (χ0v) is 58.6. The van der Waals surface area contributed by atoms with Crippen LogP contribution in [0.4, 0.5) is 31.1 Å². The number of rotatable bonds is 11. The van der Waals surface area contributed by atoms with Gasteiger partial charge in [0.05, 0.1) is 54.4 Å². The van der Waals surface area contributed by atoms with Crippen LogP contribution in [-0.4, -0.2) is 192 Å². The third kappa shape index (κ3) is 17.0. The number of fused-ring (bicyclic) bond motifs is 3. The number of aromatic nitrogens is 10. The van der Waals surface area contributed by atoms with E-state index in [4.69, 9.17) is 9.47 Å². The van der Waals surface area contributed by atoms with Crippen molar-refractivity contribution in [2.24, 2.45) is 17.3 Å². The molecule has 544 valence electrons. The Labute approximate surface area is 593 Å². The van der Waals surface area contributed by atoms with E-state index in [2.05, 4.69) is 35.2 Å². The average Bonchev–Trinajstić information content (AvgIpc) is 1.63. The van der Waals surface area contributed by atoms with Crippen LogP contribution in [0.15, 0.2) is 134 Å². The number of nitrogens with zero attached hydrogens (tertiary/aromatic N) is 15. The normalized spacial score (nSPS) is 17.4. The minimum atomic E-state index is -4.78. The fourth-order valence-corrected chi connectivity index (χ4v) is 12.8. The molecule has 0 radical (unpaired) electrons. The van der Waals surface area contributed by atoms with E-state index in [1.54, 1.807) is 91.7 Å². The zero-order chi connectivity index (χ0) is 74.6. The maximum Gasteiger partial charge on any atom is 0.420 e. The molecule has 5 amide bonds. The smallest absolute Gasteiger partial charge is 0.420 e. The molecule has 10 aromatic rings. The highest BCUT2D eigenvalue weighted by molar-refractivity contribution is 5.95. The number of carbonyl (C=O) groups excluding carboxylic acids is 6. The minimum Gasteiger partial charge on any atom is -0.469 e. The number of aryl methyl sites for hydroxylation is 2. The summed E-state index contributed by atoms with van der Waals surface area (Å²) in [5.74, 6) is -2.87. The molecule has 1 N–H and O–H groups in total. The summed E-state index contributed by atoms with van der Waals surface area (Å²) in [7, 11) is 1.39. The highest BCUT2D eigenvalue weighted by atomic mass is 19.4. The molecule has 3 saturated heterocycles. The van der Waals surface area contributed by atoms with Crippen LogP contribution in [0.2, 0.25) is 0 Å². The lowest BCUT2D eigenvalue weighted by molar-refractivity contribution is -0.149. The first-order valence-corrected chi connectivity index (χ1v) is 33.7. The van der Waals surface area contributed by atoms with E-state index < -0.39 is 47.4 Å². The monoisotopic (exact) mass is 1430 g/mol.